The van der Waals surface area contributed by atoms with Gasteiger partial charge in [0.1, 0.15) is 5.54 Å². The lowest BCUT2D eigenvalue weighted by Gasteiger charge is -2.35. The molecular formula is C14H25N3O4. The molecule has 2 rings (SSSR count). The number of hydrogen-bond acceptors (Lipinski definition) is 4. The van der Waals surface area contributed by atoms with Crippen LogP contribution in [0.4, 0.5) is 4.79 Å². The maximum Gasteiger partial charge on any atom is 0.329 e. The van der Waals surface area contributed by atoms with Crippen LogP contribution in [0.25, 0.3) is 0 Å². The molecular weight excluding hydrogens is 274 g/mol. The number of ether oxygens (including phenoxy) is 1. The van der Waals surface area contributed by atoms with E-state index in [1.807, 2.05) is 0 Å². The van der Waals surface area contributed by atoms with Crippen LogP contribution in [0.3, 0.4) is 0 Å². The summed E-state index contributed by atoms with van der Waals surface area (Å²) in [5.74, 6) is -0.519. The Balaban J connectivity index is 1.90. The summed E-state index contributed by atoms with van der Waals surface area (Å²) >= 11 is 0. The van der Waals surface area contributed by atoms with Crippen molar-refractivity contribution in [2.24, 2.45) is 5.92 Å². The number of aliphatic carboxylic acids is 1. The maximum atomic E-state index is 12.3. The Morgan fingerprint density at radius 2 is 2.10 bits per heavy atom. The summed E-state index contributed by atoms with van der Waals surface area (Å²) in [6.45, 7) is 3.42. The van der Waals surface area contributed by atoms with Gasteiger partial charge in [-0.05, 0) is 25.9 Å². The van der Waals surface area contributed by atoms with Gasteiger partial charge in [0.05, 0.1) is 0 Å². The Kier molecular flexibility index (Phi) is 5.05. The summed E-state index contributed by atoms with van der Waals surface area (Å²) in [5, 5.41) is 12.2. The highest BCUT2D eigenvalue weighted by Crippen LogP contribution is 2.22. The molecule has 0 aliphatic carbocycles. The molecule has 0 spiro atoms. The monoisotopic (exact) mass is 299 g/mol. The Labute approximate surface area is 125 Å². The third-order valence-electron chi connectivity index (χ3n) is 4.47. The van der Waals surface area contributed by atoms with E-state index in [-0.39, 0.29) is 6.03 Å². The molecule has 7 nitrogen and oxygen atoms in total. The molecule has 0 saturated carbocycles. The number of rotatable bonds is 4. The number of urea groups is 1. The lowest BCUT2D eigenvalue weighted by Crippen LogP contribution is -2.60. The fourth-order valence-corrected chi connectivity index (χ4v) is 3.06. The van der Waals surface area contributed by atoms with Crippen LogP contribution >= 0.6 is 0 Å². The van der Waals surface area contributed by atoms with Gasteiger partial charge in [-0.15, -0.1) is 0 Å². The number of hydrogen-bond donors (Lipinski definition) is 2. The van der Waals surface area contributed by atoms with Crippen molar-refractivity contribution < 1.29 is 19.4 Å². The largest absolute Gasteiger partial charge is 0.480 e. The maximum absolute atomic E-state index is 12.3. The minimum atomic E-state index is -1.18. The van der Waals surface area contributed by atoms with E-state index in [2.05, 4.69) is 17.3 Å². The van der Waals surface area contributed by atoms with Crippen molar-refractivity contribution in [1.29, 1.82) is 0 Å². The van der Waals surface area contributed by atoms with Crippen LogP contribution in [-0.2, 0) is 9.53 Å². The van der Waals surface area contributed by atoms with Crippen LogP contribution in [-0.4, -0.2) is 79.4 Å². The highest BCUT2D eigenvalue weighted by molar-refractivity contribution is 5.86. The zero-order valence-electron chi connectivity index (χ0n) is 12.8. The van der Waals surface area contributed by atoms with E-state index >= 15 is 0 Å². The molecule has 0 radical (unpaired) electrons. The van der Waals surface area contributed by atoms with Crippen molar-refractivity contribution in [3.8, 4) is 0 Å². The lowest BCUT2D eigenvalue weighted by molar-refractivity contribution is -0.148. The predicted molar refractivity (Wildman–Crippen MR) is 77.2 cm³/mol. The molecule has 2 fully saturated rings. The van der Waals surface area contributed by atoms with Crippen molar-refractivity contribution in [2.45, 2.75) is 24.8 Å². The van der Waals surface area contributed by atoms with Gasteiger partial charge < -0.3 is 25.0 Å². The van der Waals surface area contributed by atoms with Crippen LogP contribution in [0.5, 0.6) is 0 Å². The number of likely N-dealkylation sites (tertiary alicyclic amines) is 1. The molecule has 2 heterocycles. The Morgan fingerprint density at radius 1 is 1.43 bits per heavy atom. The van der Waals surface area contributed by atoms with E-state index in [4.69, 9.17) is 4.74 Å². The molecule has 0 bridgehead atoms. The lowest BCUT2D eigenvalue weighted by atomic mass is 9.90. The van der Waals surface area contributed by atoms with Crippen LogP contribution in [0.2, 0.25) is 0 Å². The van der Waals surface area contributed by atoms with E-state index in [0.717, 1.165) is 19.5 Å². The predicted octanol–water partition coefficient (Wildman–Crippen LogP) is 0.213. The Bertz CT molecular complexity index is 396. The molecule has 21 heavy (non-hydrogen) atoms. The van der Waals surface area contributed by atoms with Gasteiger partial charge in [0.2, 0.25) is 0 Å². The minimum absolute atomic E-state index is 0.311. The van der Waals surface area contributed by atoms with E-state index < -0.39 is 11.5 Å². The number of carbonyl (C=O) groups excluding carboxylic acids is 1. The van der Waals surface area contributed by atoms with Gasteiger partial charge in [-0.2, -0.15) is 0 Å². The molecule has 0 aromatic carbocycles. The van der Waals surface area contributed by atoms with Crippen LogP contribution in [0, 0.1) is 5.92 Å². The highest BCUT2D eigenvalue weighted by atomic mass is 16.5. The second-order valence-corrected chi connectivity index (χ2v) is 6.23. The van der Waals surface area contributed by atoms with Crippen molar-refractivity contribution >= 4 is 12.0 Å². The first kappa shape index (κ1) is 16.0. The van der Waals surface area contributed by atoms with E-state index in [0.29, 0.717) is 38.5 Å². The molecule has 2 aliphatic heterocycles. The van der Waals surface area contributed by atoms with Gasteiger partial charge in [-0.1, -0.05) is 0 Å². The average Bonchev–Trinajstić information content (AvgIpc) is 2.85. The fourth-order valence-electron chi connectivity index (χ4n) is 3.06. The first-order valence-electron chi connectivity index (χ1n) is 7.46. The van der Waals surface area contributed by atoms with Crippen LogP contribution < -0.4 is 5.32 Å². The quantitative estimate of drug-likeness (QED) is 0.775. The van der Waals surface area contributed by atoms with E-state index in [1.165, 1.54) is 0 Å². The summed E-state index contributed by atoms with van der Waals surface area (Å²) in [7, 11) is 3.80. The fraction of sp³-hybridized carbons (Fsp3) is 0.857. The van der Waals surface area contributed by atoms with Crippen molar-refractivity contribution in [3.63, 3.8) is 0 Å². The Hall–Kier alpha value is -1.34. The number of amides is 2. The van der Waals surface area contributed by atoms with E-state index in [1.54, 1.807) is 11.9 Å². The van der Waals surface area contributed by atoms with Gasteiger partial charge in [0, 0.05) is 46.2 Å². The van der Waals surface area contributed by atoms with E-state index in [9.17, 15) is 14.7 Å². The molecule has 1 atom stereocenters. The number of carboxylic acid groups (broad SMARTS) is 1. The van der Waals surface area contributed by atoms with Gasteiger partial charge in [-0.25, -0.2) is 9.59 Å². The highest BCUT2D eigenvalue weighted by Gasteiger charge is 2.42. The zero-order valence-corrected chi connectivity index (χ0v) is 12.8. The second-order valence-electron chi connectivity index (χ2n) is 6.23. The van der Waals surface area contributed by atoms with Crippen LogP contribution in [0.1, 0.15) is 19.3 Å². The number of carbonyl (C=O) groups is 2. The molecule has 2 N–H and O–H groups in total. The molecule has 0 aromatic heterocycles. The molecule has 1 unspecified atom stereocenters. The third-order valence-corrected chi connectivity index (χ3v) is 4.47. The van der Waals surface area contributed by atoms with Crippen molar-refractivity contribution in [2.75, 3.05) is 46.9 Å². The first-order valence-corrected chi connectivity index (χ1v) is 7.46. The van der Waals surface area contributed by atoms with Gasteiger partial charge in [0.25, 0.3) is 0 Å². The van der Waals surface area contributed by atoms with Crippen molar-refractivity contribution in [3.05, 3.63) is 0 Å². The SMILES string of the molecule is CN1CCC(CN(C)C(=O)NC2(C(=O)O)CCOCC2)C1. The summed E-state index contributed by atoms with van der Waals surface area (Å²) in [4.78, 5) is 27.7. The summed E-state index contributed by atoms with van der Waals surface area (Å²) in [5.41, 5.74) is -1.18. The minimum Gasteiger partial charge on any atom is -0.480 e. The molecule has 7 heteroatoms. The smallest absolute Gasteiger partial charge is 0.329 e. The summed E-state index contributed by atoms with van der Waals surface area (Å²) in [6, 6.07) is -0.311. The number of carboxylic acids is 1. The number of nitrogens with one attached hydrogen (secondary N) is 1. The molecule has 2 amide bonds. The summed E-state index contributed by atoms with van der Waals surface area (Å²) < 4.78 is 5.20. The molecule has 120 valence electrons. The topological polar surface area (TPSA) is 82.1 Å². The third kappa shape index (κ3) is 3.85. The molecule has 0 aromatic rings. The zero-order chi connectivity index (χ0) is 15.5. The van der Waals surface area contributed by atoms with Gasteiger partial charge in [-0.3, -0.25) is 0 Å². The molecule has 2 aliphatic rings. The number of nitrogens with zero attached hydrogens (tertiary/aromatic N) is 2. The first-order chi connectivity index (χ1) is 9.93. The van der Waals surface area contributed by atoms with Crippen molar-refractivity contribution in [1.82, 2.24) is 15.1 Å². The Morgan fingerprint density at radius 3 is 2.62 bits per heavy atom. The molecule has 2 saturated heterocycles. The standard InChI is InChI=1S/C14H25N3O4/c1-16-6-3-11(9-16)10-17(2)13(20)15-14(12(18)19)4-7-21-8-5-14/h11H,3-10H2,1-2H3,(H,15,20)(H,18,19). The summed E-state index contributed by atoms with van der Waals surface area (Å²) in [6.07, 6.45) is 1.70. The van der Waals surface area contributed by atoms with Gasteiger partial charge >= 0.3 is 12.0 Å². The average molecular weight is 299 g/mol. The second kappa shape index (κ2) is 6.62. The van der Waals surface area contributed by atoms with Gasteiger partial charge in [0.15, 0.2) is 0 Å². The van der Waals surface area contributed by atoms with Crippen LogP contribution in [0.15, 0.2) is 0 Å². The normalized spacial score (nSPS) is 25.5.